The van der Waals surface area contributed by atoms with Gasteiger partial charge in [-0.25, -0.2) is 9.67 Å². The Morgan fingerprint density at radius 3 is 2.29 bits per heavy atom. The van der Waals surface area contributed by atoms with Gasteiger partial charge < -0.3 is 5.73 Å². The van der Waals surface area contributed by atoms with Gasteiger partial charge >= 0.3 is 0 Å². The second-order valence-corrected chi connectivity index (χ2v) is 6.39. The molecule has 4 bridgehead atoms. The maximum atomic E-state index is 5.83. The van der Waals surface area contributed by atoms with Crippen molar-refractivity contribution >= 4 is 5.95 Å². The van der Waals surface area contributed by atoms with Crippen molar-refractivity contribution in [1.29, 1.82) is 0 Å². The number of hydrogen-bond acceptors (Lipinski definition) is 3. The van der Waals surface area contributed by atoms with Crippen molar-refractivity contribution in [3.05, 3.63) is 6.33 Å². The molecule has 4 nitrogen and oxygen atoms in total. The van der Waals surface area contributed by atoms with Crippen LogP contribution in [0.3, 0.4) is 0 Å². The highest BCUT2D eigenvalue weighted by atomic mass is 15.4. The maximum Gasteiger partial charge on any atom is 0.218 e. The van der Waals surface area contributed by atoms with Crippen LogP contribution < -0.4 is 5.73 Å². The molecule has 4 saturated carbocycles. The summed E-state index contributed by atoms with van der Waals surface area (Å²) in [6.45, 7) is 1.00. The summed E-state index contributed by atoms with van der Waals surface area (Å²) >= 11 is 0. The van der Waals surface area contributed by atoms with Crippen molar-refractivity contribution in [2.24, 2.45) is 29.6 Å². The summed E-state index contributed by atoms with van der Waals surface area (Å²) in [5.41, 5.74) is 5.83. The normalized spacial score (nSPS) is 43.2. The second kappa shape index (κ2) is 3.47. The molecule has 0 aromatic carbocycles. The first kappa shape index (κ1) is 9.92. The minimum absolute atomic E-state index is 0.582. The number of nitrogens with zero attached hydrogens (tertiary/aromatic N) is 3. The Morgan fingerprint density at radius 2 is 1.76 bits per heavy atom. The van der Waals surface area contributed by atoms with Crippen LogP contribution in [0.5, 0.6) is 0 Å². The minimum Gasteiger partial charge on any atom is -0.368 e. The van der Waals surface area contributed by atoms with Gasteiger partial charge in [0.1, 0.15) is 6.33 Å². The van der Waals surface area contributed by atoms with Crippen LogP contribution >= 0.6 is 0 Å². The molecule has 92 valence electrons. The van der Waals surface area contributed by atoms with Crippen molar-refractivity contribution in [2.45, 2.75) is 38.6 Å². The molecule has 1 aromatic rings. The van der Waals surface area contributed by atoms with E-state index in [1.54, 1.807) is 6.33 Å². The van der Waals surface area contributed by atoms with Crippen molar-refractivity contribution in [1.82, 2.24) is 14.8 Å². The molecular formula is C13H20N4. The molecule has 0 amide bonds. The third-order valence-corrected chi connectivity index (χ3v) is 5.45. The second-order valence-electron chi connectivity index (χ2n) is 6.39. The number of nitrogens with two attached hydrogens (primary N) is 1. The molecule has 4 heteroatoms. The van der Waals surface area contributed by atoms with E-state index in [0.29, 0.717) is 5.95 Å². The van der Waals surface area contributed by atoms with E-state index in [9.17, 15) is 0 Å². The zero-order valence-corrected chi connectivity index (χ0v) is 10.1. The molecule has 17 heavy (non-hydrogen) atoms. The molecule has 2 N–H and O–H groups in total. The van der Waals surface area contributed by atoms with E-state index < -0.39 is 0 Å². The molecule has 0 unspecified atom stereocenters. The zero-order valence-electron chi connectivity index (χ0n) is 10.1. The van der Waals surface area contributed by atoms with Crippen LogP contribution in [0.1, 0.15) is 32.1 Å². The highest BCUT2D eigenvalue weighted by molar-refractivity contribution is 5.13. The van der Waals surface area contributed by atoms with Gasteiger partial charge in [0, 0.05) is 6.54 Å². The van der Waals surface area contributed by atoms with E-state index >= 15 is 0 Å². The minimum atomic E-state index is 0.582. The Hall–Kier alpha value is -1.06. The van der Waals surface area contributed by atoms with Crippen LogP contribution in [0, 0.1) is 29.6 Å². The maximum absolute atomic E-state index is 5.83. The zero-order chi connectivity index (χ0) is 11.4. The third kappa shape index (κ3) is 1.49. The predicted molar refractivity (Wildman–Crippen MR) is 65.0 cm³/mol. The van der Waals surface area contributed by atoms with Crippen molar-refractivity contribution < 1.29 is 0 Å². The molecule has 0 atom stereocenters. The standard InChI is InChI=1S/C13H20N4/c14-13-15-7-16-17(13)6-12-10-2-8-1-9(4-10)5-11(12)3-8/h7-12H,1-6H2,(H2,14,15,16). The number of aromatic nitrogens is 3. The van der Waals surface area contributed by atoms with Gasteiger partial charge in [-0.15, -0.1) is 0 Å². The van der Waals surface area contributed by atoms with Crippen LogP contribution in [-0.4, -0.2) is 14.8 Å². The number of anilines is 1. The van der Waals surface area contributed by atoms with Gasteiger partial charge in [0.15, 0.2) is 0 Å². The molecule has 0 saturated heterocycles. The first-order valence-corrected chi connectivity index (χ1v) is 6.93. The number of hydrogen-bond donors (Lipinski definition) is 1. The molecule has 0 radical (unpaired) electrons. The van der Waals surface area contributed by atoms with Crippen molar-refractivity contribution in [3.63, 3.8) is 0 Å². The van der Waals surface area contributed by atoms with E-state index in [-0.39, 0.29) is 0 Å². The first-order valence-electron chi connectivity index (χ1n) is 6.93. The fraction of sp³-hybridized carbons (Fsp3) is 0.846. The Labute approximate surface area is 102 Å². The lowest BCUT2D eigenvalue weighted by molar-refractivity contribution is -0.0440. The van der Waals surface area contributed by atoms with Crippen LogP contribution in [0.25, 0.3) is 0 Å². The first-order chi connectivity index (χ1) is 8.29. The lowest BCUT2D eigenvalue weighted by atomic mass is 9.52. The summed E-state index contributed by atoms with van der Waals surface area (Å²) in [6.07, 6.45) is 8.95. The molecule has 4 aliphatic rings. The van der Waals surface area contributed by atoms with E-state index in [1.165, 1.54) is 32.1 Å². The molecule has 1 heterocycles. The summed E-state index contributed by atoms with van der Waals surface area (Å²) in [4.78, 5) is 4.03. The Bertz CT molecular complexity index is 397. The summed E-state index contributed by atoms with van der Waals surface area (Å²) in [6, 6.07) is 0. The number of rotatable bonds is 2. The molecule has 4 fully saturated rings. The highest BCUT2D eigenvalue weighted by Gasteiger charge is 2.48. The number of nitrogen functional groups attached to an aromatic ring is 1. The van der Waals surface area contributed by atoms with Gasteiger partial charge in [0.25, 0.3) is 0 Å². The Morgan fingerprint density at radius 1 is 1.12 bits per heavy atom. The van der Waals surface area contributed by atoms with Crippen molar-refractivity contribution in [3.8, 4) is 0 Å². The highest BCUT2D eigenvalue weighted by Crippen LogP contribution is 2.56. The van der Waals surface area contributed by atoms with E-state index in [2.05, 4.69) is 10.1 Å². The van der Waals surface area contributed by atoms with Gasteiger partial charge in [-0.3, -0.25) is 0 Å². The topological polar surface area (TPSA) is 56.7 Å². The molecule has 5 rings (SSSR count). The molecule has 0 spiro atoms. The third-order valence-electron chi connectivity index (χ3n) is 5.45. The largest absolute Gasteiger partial charge is 0.368 e. The summed E-state index contributed by atoms with van der Waals surface area (Å²) in [5, 5.41) is 4.25. The van der Waals surface area contributed by atoms with Crippen LogP contribution in [0.4, 0.5) is 5.95 Å². The van der Waals surface area contributed by atoms with E-state index in [0.717, 1.165) is 36.1 Å². The van der Waals surface area contributed by atoms with Gasteiger partial charge in [-0.2, -0.15) is 5.10 Å². The lowest BCUT2D eigenvalue weighted by Gasteiger charge is -2.54. The van der Waals surface area contributed by atoms with Gasteiger partial charge in [-0.05, 0) is 61.7 Å². The quantitative estimate of drug-likeness (QED) is 0.847. The summed E-state index contributed by atoms with van der Waals surface area (Å²) in [5.74, 6) is 5.36. The lowest BCUT2D eigenvalue weighted by Crippen LogP contribution is -2.46. The Kier molecular flexibility index (Phi) is 2.02. The Balaban J connectivity index is 1.57. The van der Waals surface area contributed by atoms with Gasteiger partial charge in [0.2, 0.25) is 5.95 Å². The smallest absolute Gasteiger partial charge is 0.218 e. The average Bonchev–Trinajstić information content (AvgIpc) is 2.68. The van der Waals surface area contributed by atoms with Gasteiger partial charge in [0.05, 0.1) is 0 Å². The molecule has 4 aliphatic carbocycles. The molecular weight excluding hydrogens is 212 g/mol. The van der Waals surface area contributed by atoms with Crippen LogP contribution in [-0.2, 0) is 6.54 Å². The van der Waals surface area contributed by atoms with E-state index in [4.69, 9.17) is 5.73 Å². The van der Waals surface area contributed by atoms with Gasteiger partial charge in [-0.1, -0.05) is 0 Å². The summed E-state index contributed by atoms with van der Waals surface area (Å²) in [7, 11) is 0. The van der Waals surface area contributed by atoms with E-state index in [1.807, 2.05) is 4.68 Å². The fourth-order valence-corrected chi connectivity index (χ4v) is 4.95. The summed E-state index contributed by atoms with van der Waals surface area (Å²) < 4.78 is 1.91. The monoisotopic (exact) mass is 232 g/mol. The molecule has 0 aliphatic heterocycles. The SMILES string of the molecule is Nc1ncnn1CC1C2CC3CC(C2)CC1C3. The average molecular weight is 232 g/mol. The van der Waals surface area contributed by atoms with Crippen LogP contribution in [0.2, 0.25) is 0 Å². The predicted octanol–water partition coefficient (Wildman–Crippen LogP) is 1.93. The van der Waals surface area contributed by atoms with Crippen LogP contribution in [0.15, 0.2) is 6.33 Å². The van der Waals surface area contributed by atoms with Crippen molar-refractivity contribution in [2.75, 3.05) is 5.73 Å². The molecule has 1 aromatic heterocycles. The fourth-order valence-electron chi connectivity index (χ4n) is 4.95.